The lowest BCUT2D eigenvalue weighted by molar-refractivity contribution is 1.05. The lowest BCUT2D eigenvalue weighted by atomic mass is 10.0. The van der Waals surface area contributed by atoms with Crippen LogP contribution in [0.1, 0.15) is 16.8 Å². The van der Waals surface area contributed by atoms with Gasteiger partial charge in [0.15, 0.2) is 0 Å². The number of aromatic nitrogens is 3. The molecule has 0 aromatic carbocycles. The van der Waals surface area contributed by atoms with Crippen LogP contribution in [0.25, 0.3) is 11.3 Å². The fourth-order valence-electron chi connectivity index (χ4n) is 1.65. The summed E-state index contributed by atoms with van der Waals surface area (Å²) in [5, 5.41) is 25.1. The highest BCUT2D eigenvalue weighted by Crippen LogP contribution is 2.29. The van der Waals surface area contributed by atoms with Crippen molar-refractivity contribution in [2.24, 2.45) is 0 Å². The first-order chi connectivity index (χ1) is 8.58. The van der Waals surface area contributed by atoms with Crippen LogP contribution in [0.3, 0.4) is 0 Å². The Bertz CT molecular complexity index is 755. The molecule has 18 heavy (non-hydrogen) atoms. The number of nitriles is 2. The first kappa shape index (κ1) is 11.8. The number of H-pyrrole nitrogens is 2. The molecule has 6 nitrogen and oxygen atoms in total. The molecule has 0 aliphatic heterocycles. The quantitative estimate of drug-likeness (QED) is 0.672. The lowest BCUT2D eigenvalue weighted by Gasteiger charge is -2.06. The molecule has 0 unspecified atom stereocenters. The van der Waals surface area contributed by atoms with Crippen LogP contribution >= 0.6 is 12.2 Å². The summed E-state index contributed by atoms with van der Waals surface area (Å²) in [7, 11) is 0. The van der Waals surface area contributed by atoms with E-state index < -0.39 is 0 Å². The highest BCUT2D eigenvalue weighted by Gasteiger charge is 2.18. The molecule has 2 rings (SSSR count). The van der Waals surface area contributed by atoms with Crippen molar-refractivity contribution in [1.29, 1.82) is 10.5 Å². The average Bonchev–Trinajstić information content (AvgIpc) is 2.74. The van der Waals surface area contributed by atoms with Gasteiger partial charge >= 0.3 is 0 Å². The van der Waals surface area contributed by atoms with Gasteiger partial charge in [-0.3, -0.25) is 5.10 Å². The second-order valence-corrected chi connectivity index (χ2v) is 4.06. The van der Waals surface area contributed by atoms with Crippen molar-refractivity contribution in [2.45, 2.75) is 6.92 Å². The van der Waals surface area contributed by atoms with E-state index in [-0.39, 0.29) is 21.6 Å². The maximum atomic E-state index is 9.15. The molecule has 0 spiro atoms. The third kappa shape index (κ3) is 1.73. The van der Waals surface area contributed by atoms with E-state index in [1.54, 1.807) is 6.07 Å². The number of pyridine rings is 1. The van der Waals surface area contributed by atoms with Crippen molar-refractivity contribution in [1.82, 2.24) is 15.2 Å². The van der Waals surface area contributed by atoms with Crippen molar-refractivity contribution in [3.05, 3.63) is 27.5 Å². The largest absolute Gasteiger partial charge is 0.384 e. The summed E-state index contributed by atoms with van der Waals surface area (Å²) in [5.41, 5.74) is 7.74. The van der Waals surface area contributed by atoms with Crippen LogP contribution in [0, 0.1) is 34.2 Å². The number of rotatable bonds is 1. The van der Waals surface area contributed by atoms with Crippen LogP contribution in [0.15, 0.2) is 6.07 Å². The Morgan fingerprint density at radius 1 is 1.33 bits per heavy atom. The molecule has 7 heteroatoms. The average molecular weight is 256 g/mol. The molecule has 2 heterocycles. The first-order valence-electron chi connectivity index (χ1n) is 4.96. The summed E-state index contributed by atoms with van der Waals surface area (Å²) in [6.07, 6.45) is 0. The molecule has 88 valence electrons. The van der Waals surface area contributed by atoms with Gasteiger partial charge in [-0.1, -0.05) is 12.2 Å². The topological polar surface area (TPSA) is 118 Å². The van der Waals surface area contributed by atoms with Gasteiger partial charge in [0.05, 0.1) is 11.3 Å². The summed E-state index contributed by atoms with van der Waals surface area (Å²) < 4.78 is 0.199. The third-order valence-corrected chi connectivity index (χ3v) is 2.74. The van der Waals surface area contributed by atoms with Gasteiger partial charge in [0.25, 0.3) is 0 Å². The molecule has 0 aliphatic rings. The molecule has 0 fully saturated rings. The molecule has 0 atom stereocenters. The smallest absolute Gasteiger partial charge is 0.123 e. The number of anilines is 1. The monoisotopic (exact) mass is 256 g/mol. The van der Waals surface area contributed by atoms with E-state index in [1.807, 2.05) is 19.1 Å². The molecule has 0 radical (unpaired) electrons. The maximum Gasteiger partial charge on any atom is 0.123 e. The number of nitrogens with zero attached hydrogens (tertiary/aromatic N) is 3. The molecule has 0 amide bonds. The normalized spacial score (nSPS) is 9.72. The molecule has 0 saturated carbocycles. The van der Waals surface area contributed by atoms with Crippen LogP contribution in [-0.4, -0.2) is 15.2 Å². The summed E-state index contributed by atoms with van der Waals surface area (Å²) in [6.45, 7) is 1.82. The minimum absolute atomic E-state index is 0.136. The Morgan fingerprint density at radius 2 is 2.00 bits per heavy atom. The number of aryl methyl sites for hydroxylation is 1. The molecular formula is C11H8N6S. The highest BCUT2D eigenvalue weighted by molar-refractivity contribution is 7.71. The van der Waals surface area contributed by atoms with Crippen LogP contribution in [0.4, 0.5) is 5.82 Å². The van der Waals surface area contributed by atoms with Crippen molar-refractivity contribution < 1.29 is 0 Å². The minimum atomic E-state index is 0.136. The van der Waals surface area contributed by atoms with E-state index in [0.29, 0.717) is 11.3 Å². The Morgan fingerprint density at radius 3 is 2.50 bits per heavy atom. The number of nitrogen functional groups attached to an aromatic ring is 1. The maximum absolute atomic E-state index is 9.15. The predicted molar refractivity (Wildman–Crippen MR) is 67.8 cm³/mol. The molecule has 0 aliphatic carbocycles. The Labute approximate surface area is 108 Å². The fraction of sp³-hybridized carbons (Fsp3) is 0.0909. The van der Waals surface area contributed by atoms with Crippen molar-refractivity contribution >= 4 is 18.0 Å². The van der Waals surface area contributed by atoms with Crippen LogP contribution in [0.2, 0.25) is 0 Å². The Balaban J connectivity index is 2.92. The number of hydrogen-bond donors (Lipinski definition) is 3. The summed E-state index contributed by atoms with van der Waals surface area (Å²) in [5.74, 6) is 0.136. The second-order valence-electron chi connectivity index (χ2n) is 3.65. The van der Waals surface area contributed by atoms with Gasteiger partial charge < -0.3 is 10.7 Å². The molecule has 2 aromatic rings. The van der Waals surface area contributed by atoms with Gasteiger partial charge in [0.1, 0.15) is 28.2 Å². The van der Waals surface area contributed by atoms with Gasteiger partial charge in [-0.25, -0.2) is 0 Å². The van der Waals surface area contributed by atoms with E-state index in [4.69, 9.17) is 28.5 Å². The number of nitrogens with two attached hydrogens (primary N) is 1. The number of aromatic amines is 2. The van der Waals surface area contributed by atoms with Gasteiger partial charge in [-0.2, -0.15) is 15.6 Å². The van der Waals surface area contributed by atoms with Gasteiger partial charge in [0.2, 0.25) is 0 Å². The molecule has 2 aromatic heterocycles. The van der Waals surface area contributed by atoms with Crippen molar-refractivity contribution in [2.75, 3.05) is 5.73 Å². The van der Waals surface area contributed by atoms with E-state index >= 15 is 0 Å². The van der Waals surface area contributed by atoms with E-state index in [9.17, 15) is 0 Å². The molecular weight excluding hydrogens is 248 g/mol. The summed E-state index contributed by atoms with van der Waals surface area (Å²) in [4.78, 5) is 2.64. The van der Waals surface area contributed by atoms with Crippen molar-refractivity contribution in [3.8, 4) is 23.4 Å². The van der Waals surface area contributed by atoms with E-state index in [1.165, 1.54) is 0 Å². The van der Waals surface area contributed by atoms with Crippen LogP contribution < -0.4 is 5.73 Å². The Hall–Kier alpha value is -2.64. The van der Waals surface area contributed by atoms with Gasteiger partial charge in [-0.05, 0) is 13.0 Å². The predicted octanol–water partition coefficient (Wildman–Crippen LogP) is 1.77. The van der Waals surface area contributed by atoms with Crippen LogP contribution in [0.5, 0.6) is 0 Å². The molecule has 0 bridgehead atoms. The summed E-state index contributed by atoms with van der Waals surface area (Å²) >= 11 is 5.04. The molecule has 4 N–H and O–H groups in total. The zero-order chi connectivity index (χ0) is 13.3. The minimum Gasteiger partial charge on any atom is -0.384 e. The van der Waals surface area contributed by atoms with E-state index in [0.717, 1.165) is 5.69 Å². The molecule has 0 saturated heterocycles. The van der Waals surface area contributed by atoms with Crippen LogP contribution in [-0.2, 0) is 0 Å². The van der Waals surface area contributed by atoms with Gasteiger partial charge in [-0.15, -0.1) is 0 Å². The van der Waals surface area contributed by atoms with E-state index in [2.05, 4.69) is 15.2 Å². The van der Waals surface area contributed by atoms with Crippen molar-refractivity contribution in [3.63, 3.8) is 0 Å². The third-order valence-electron chi connectivity index (χ3n) is 2.43. The standard InChI is InChI=1S/C11H8N6S/c1-5-2-8(17-16-5)9-6(3-12)10(14)15-11(18)7(9)4-13/h2H,1H3,(H,16,17)(H3,14,15,18). The fourth-order valence-corrected chi connectivity index (χ4v) is 1.90. The lowest BCUT2D eigenvalue weighted by Crippen LogP contribution is -2.01. The first-order valence-corrected chi connectivity index (χ1v) is 5.37. The highest BCUT2D eigenvalue weighted by atomic mass is 32.1. The second kappa shape index (κ2) is 4.32. The summed E-state index contributed by atoms with van der Waals surface area (Å²) in [6, 6.07) is 5.67. The zero-order valence-electron chi connectivity index (χ0n) is 9.40. The zero-order valence-corrected chi connectivity index (χ0v) is 10.2. The number of hydrogen-bond acceptors (Lipinski definition) is 5. The Kier molecular flexibility index (Phi) is 2.84. The number of nitrogens with one attached hydrogen (secondary N) is 2. The van der Waals surface area contributed by atoms with Gasteiger partial charge in [0, 0.05) is 11.3 Å². The SMILES string of the molecule is Cc1cc(-c2c(C#N)c(N)[nH]c(=S)c2C#N)n[nH]1.